The molecule has 0 unspecified atom stereocenters. The minimum absolute atomic E-state index is 0.182. The van der Waals surface area contributed by atoms with Crippen LogP contribution in [0.2, 0.25) is 0 Å². The molecule has 1 aliphatic rings. The van der Waals surface area contributed by atoms with E-state index in [2.05, 4.69) is 10.4 Å². The molecule has 1 fully saturated rings. The Balaban J connectivity index is 1.98. The summed E-state index contributed by atoms with van der Waals surface area (Å²) in [5.74, 6) is -0.337. The first-order valence-corrected chi connectivity index (χ1v) is 6.21. The maximum absolute atomic E-state index is 11.7. The van der Waals surface area contributed by atoms with Crippen molar-refractivity contribution in [2.24, 2.45) is 7.05 Å². The molecule has 1 saturated carbocycles. The Labute approximate surface area is 106 Å². The van der Waals surface area contributed by atoms with Gasteiger partial charge < -0.3 is 15.2 Å². The first-order chi connectivity index (χ1) is 8.61. The average molecular weight is 253 g/mol. The standard InChI is InChI=1S/C12H19N3O3/c1-3-18-12(17)10-6-14-15(2)11(10)7-13-8-4-9(16)5-8/h6,8-9,13,16H,3-5,7H2,1-2H3. The normalized spacial score (nSPS) is 22.6. The molecule has 2 rings (SSSR count). The van der Waals surface area contributed by atoms with E-state index < -0.39 is 0 Å². The second-order valence-electron chi connectivity index (χ2n) is 4.55. The molecule has 1 aromatic rings. The van der Waals surface area contributed by atoms with E-state index in [4.69, 9.17) is 4.74 Å². The van der Waals surface area contributed by atoms with Crippen LogP contribution >= 0.6 is 0 Å². The predicted octanol–water partition coefficient (Wildman–Crippen LogP) is 0.210. The van der Waals surface area contributed by atoms with Crippen LogP contribution in [0.5, 0.6) is 0 Å². The molecule has 1 aromatic heterocycles. The van der Waals surface area contributed by atoms with Gasteiger partial charge in [0.05, 0.1) is 24.6 Å². The molecular weight excluding hydrogens is 234 g/mol. The summed E-state index contributed by atoms with van der Waals surface area (Å²) in [6.07, 6.45) is 2.89. The Kier molecular flexibility index (Phi) is 3.98. The molecular formula is C12H19N3O3. The van der Waals surface area contributed by atoms with Gasteiger partial charge in [-0.3, -0.25) is 4.68 Å². The van der Waals surface area contributed by atoms with E-state index in [1.807, 2.05) is 0 Å². The van der Waals surface area contributed by atoms with Crippen molar-refractivity contribution in [2.75, 3.05) is 6.61 Å². The van der Waals surface area contributed by atoms with Gasteiger partial charge in [0.1, 0.15) is 5.56 Å². The zero-order chi connectivity index (χ0) is 13.1. The first kappa shape index (κ1) is 13.0. The highest BCUT2D eigenvalue weighted by atomic mass is 16.5. The van der Waals surface area contributed by atoms with Gasteiger partial charge in [-0.25, -0.2) is 4.79 Å². The highest BCUT2D eigenvalue weighted by Gasteiger charge is 2.27. The van der Waals surface area contributed by atoms with Crippen molar-refractivity contribution in [2.45, 2.75) is 38.5 Å². The molecule has 0 aromatic carbocycles. The molecule has 0 spiro atoms. The van der Waals surface area contributed by atoms with Gasteiger partial charge >= 0.3 is 5.97 Å². The number of hydrogen-bond acceptors (Lipinski definition) is 5. The van der Waals surface area contributed by atoms with Gasteiger partial charge in [0, 0.05) is 19.6 Å². The van der Waals surface area contributed by atoms with E-state index in [9.17, 15) is 9.90 Å². The fourth-order valence-corrected chi connectivity index (χ4v) is 2.05. The lowest BCUT2D eigenvalue weighted by Crippen LogP contribution is -2.44. The topological polar surface area (TPSA) is 76.4 Å². The van der Waals surface area contributed by atoms with Crippen LogP contribution in [-0.4, -0.2) is 39.6 Å². The quantitative estimate of drug-likeness (QED) is 0.734. The third kappa shape index (κ3) is 2.70. The fraction of sp³-hybridized carbons (Fsp3) is 0.667. The lowest BCUT2D eigenvalue weighted by molar-refractivity contribution is 0.0519. The summed E-state index contributed by atoms with van der Waals surface area (Å²) in [6, 6.07) is 0.324. The molecule has 0 bridgehead atoms. The Bertz CT molecular complexity index is 424. The van der Waals surface area contributed by atoms with E-state index >= 15 is 0 Å². The molecule has 1 heterocycles. The Morgan fingerprint density at radius 2 is 2.39 bits per heavy atom. The number of aliphatic hydroxyl groups is 1. The van der Waals surface area contributed by atoms with Crippen LogP contribution in [-0.2, 0) is 18.3 Å². The lowest BCUT2D eigenvalue weighted by Gasteiger charge is -2.32. The van der Waals surface area contributed by atoms with Gasteiger partial charge in [0.2, 0.25) is 0 Å². The van der Waals surface area contributed by atoms with Crippen molar-refractivity contribution >= 4 is 5.97 Å². The first-order valence-electron chi connectivity index (χ1n) is 6.21. The number of ether oxygens (including phenoxy) is 1. The van der Waals surface area contributed by atoms with Crippen LogP contribution in [0.1, 0.15) is 35.8 Å². The summed E-state index contributed by atoms with van der Waals surface area (Å²) in [4.78, 5) is 11.7. The third-order valence-corrected chi connectivity index (χ3v) is 3.23. The number of aromatic nitrogens is 2. The summed E-state index contributed by atoms with van der Waals surface area (Å²) in [6.45, 7) is 2.69. The number of aryl methyl sites for hydroxylation is 1. The molecule has 0 aliphatic heterocycles. The zero-order valence-corrected chi connectivity index (χ0v) is 10.7. The SMILES string of the molecule is CCOC(=O)c1cnn(C)c1CNC1CC(O)C1. The van der Waals surface area contributed by atoms with E-state index in [1.54, 1.807) is 18.7 Å². The van der Waals surface area contributed by atoms with E-state index in [1.165, 1.54) is 6.20 Å². The van der Waals surface area contributed by atoms with Crippen molar-refractivity contribution in [1.82, 2.24) is 15.1 Å². The number of esters is 1. The maximum Gasteiger partial charge on any atom is 0.341 e. The fourth-order valence-electron chi connectivity index (χ4n) is 2.05. The van der Waals surface area contributed by atoms with E-state index in [-0.39, 0.29) is 12.1 Å². The molecule has 100 valence electrons. The van der Waals surface area contributed by atoms with Crippen molar-refractivity contribution < 1.29 is 14.6 Å². The van der Waals surface area contributed by atoms with Crippen LogP contribution in [0.3, 0.4) is 0 Å². The summed E-state index contributed by atoms with van der Waals surface area (Å²) in [5, 5.41) is 16.6. The Hall–Kier alpha value is -1.40. The van der Waals surface area contributed by atoms with E-state index in [0.717, 1.165) is 18.5 Å². The van der Waals surface area contributed by atoms with Crippen molar-refractivity contribution in [3.8, 4) is 0 Å². The molecule has 1 aliphatic carbocycles. The summed E-state index contributed by atoms with van der Waals surface area (Å²) in [7, 11) is 1.80. The number of carbonyl (C=O) groups excluding carboxylic acids is 1. The Morgan fingerprint density at radius 3 is 3.00 bits per heavy atom. The van der Waals surface area contributed by atoms with Crippen LogP contribution in [0.25, 0.3) is 0 Å². The number of rotatable bonds is 5. The van der Waals surface area contributed by atoms with Gasteiger partial charge in [-0.1, -0.05) is 0 Å². The van der Waals surface area contributed by atoms with Crippen LogP contribution in [0, 0.1) is 0 Å². The molecule has 18 heavy (non-hydrogen) atoms. The van der Waals surface area contributed by atoms with Crippen LogP contribution < -0.4 is 5.32 Å². The molecule has 0 atom stereocenters. The second-order valence-corrected chi connectivity index (χ2v) is 4.55. The minimum atomic E-state index is -0.337. The molecule has 0 amide bonds. The third-order valence-electron chi connectivity index (χ3n) is 3.23. The molecule has 0 saturated heterocycles. The highest BCUT2D eigenvalue weighted by Crippen LogP contribution is 2.20. The van der Waals surface area contributed by atoms with Crippen LogP contribution in [0.15, 0.2) is 6.20 Å². The number of nitrogens with zero attached hydrogens (tertiary/aromatic N) is 2. The van der Waals surface area contributed by atoms with E-state index in [0.29, 0.717) is 24.8 Å². The lowest BCUT2D eigenvalue weighted by atomic mass is 9.89. The maximum atomic E-state index is 11.7. The minimum Gasteiger partial charge on any atom is -0.462 e. The molecule has 0 radical (unpaired) electrons. The average Bonchev–Trinajstić information content (AvgIpc) is 2.65. The molecule has 2 N–H and O–H groups in total. The summed E-state index contributed by atoms with van der Waals surface area (Å²) >= 11 is 0. The van der Waals surface area contributed by atoms with Gasteiger partial charge in [-0.05, 0) is 19.8 Å². The predicted molar refractivity (Wildman–Crippen MR) is 65.0 cm³/mol. The monoisotopic (exact) mass is 253 g/mol. The zero-order valence-electron chi connectivity index (χ0n) is 10.7. The highest BCUT2D eigenvalue weighted by molar-refractivity contribution is 5.90. The number of hydrogen-bond donors (Lipinski definition) is 2. The number of carbonyl (C=O) groups is 1. The summed E-state index contributed by atoms with van der Waals surface area (Å²) in [5.41, 5.74) is 1.32. The molecule has 6 nitrogen and oxygen atoms in total. The van der Waals surface area contributed by atoms with Crippen molar-refractivity contribution in [3.05, 3.63) is 17.5 Å². The van der Waals surface area contributed by atoms with Gasteiger partial charge in [0.25, 0.3) is 0 Å². The largest absolute Gasteiger partial charge is 0.462 e. The number of nitrogens with one attached hydrogen (secondary N) is 1. The summed E-state index contributed by atoms with van der Waals surface area (Å²) < 4.78 is 6.66. The smallest absolute Gasteiger partial charge is 0.341 e. The van der Waals surface area contributed by atoms with Gasteiger partial charge in [0.15, 0.2) is 0 Å². The van der Waals surface area contributed by atoms with Gasteiger partial charge in [-0.2, -0.15) is 5.10 Å². The van der Waals surface area contributed by atoms with Gasteiger partial charge in [-0.15, -0.1) is 0 Å². The number of aliphatic hydroxyl groups excluding tert-OH is 1. The Morgan fingerprint density at radius 1 is 1.67 bits per heavy atom. The van der Waals surface area contributed by atoms with Crippen molar-refractivity contribution in [1.29, 1.82) is 0 Å². The molecule has 6 heteroatoms. The van der Waals surface area contributed by atoms with Crippen molar-refractivity contribution in [3.63, 3.8) is 0 Å². The van der Waals surface area contributed by atoms with Crippen LogP contribution in [0.4, 0.5) is 0 Å². The second kappa shape index (κ2) is 5.49.